The molecule has 4 nitrogen and oxygen atoms in total. The number of hydrogen-bond acceptors (Lipinski definition) is 4. The minimum atomic E-state index is -0.677. The van der Waals surface area contributed by atoms with Crippen molar-refractivity contribution in [3.05, 3.63) is 11.3 Å². The summed E-state index contributed by atoms with van der Waals surface area (Å²) < 4.78 is 4.73. The molecule has 0 spiro atoms. The number of allylic oxidation sites excluding steroid dienone is 1. The molecule has 0 saturated carbocycles. The van der Waals surface area contributed by atoms with E-state index in [1.807, 2.05) is 0 Å². The molecule has 1 N–H and O–H groups in total. The van der Waals surface area contributed by atoms with E-state index in [1.165, 1.54) is 0 Å². The second-order valence-electron chi connectivity index (χ2n) is 3.94. The lowest BCUT2D eigenvalue weighted by Crippen LogP contribution is -2.25. The molecule has 0 atom stereocenters. The largest absolute Gasteiger partial charge is 0.511 e. The fourth-order valence-electron chi connectivity index (χ4n) is 1.67. The number of aliphatic hydroxyl groups excluding tert-OH is 1. The van der Waals surface area contributed by atoms with Crippen LogP contribution in [-0.2, 0) is 14.3 Å². The first-order valence-corrected chi connectivity index (χ1v) is 5.79. The molecule has 16 heavy (non-hydrogen) atoms. The number of rotatable bonds is 5. The monoisotopic (exact) mass is 226 g/mol. The smallest absolute Gasteiger partial charge is 0.345 e. The average Bonchev–Trinajstić information content (AvgIpc) is 2.24. The Labute approximate surface area is 95.3 Å². The molecule has 1 fully saturated rings. The summed E-state index contributed by atoms with van der Waals surface area (Å²) in [5, 5.41) is 9.67. The van der Waals surface area contributed by atoms with Gasteiger partial charge in [0.25, 0.3) is 0 Å². The van der Waals surface area contributed by atoms with Crippen LogP contribution in [0, 0.1) is 0 Å². The highest BCUT2D eigenvalue weighted by atomic mass is 16.5. The summed E-state index contributed by atoms with van der Waals surface area (Å²) in [4.78, 5) is 22.7. The molecule has 0 bridgehead atoms. The Morgan fingerprint density at radius 3 is 2.69 bits per heavy atom. The summed E-state index contributed by atoms with van der Waals surface area (Å²) in [6.45, 7) is 2.23. The number of hydrogen-bond donors (Lipinski definition) is 1. The van der Waals surface area contributed by atoms with Crippen molar-refractivity contribution < 1.29 is 19.4 Å². The van der Waals surface area contributed by atoms with Gasteiger partial charge in [-0.05, 0) is 6.42 Å². The summed E-state index contributed by atoms with van der Waals surface area (Å²) in [6.07, 6.45) is 4.57. The minimum Gasteiger partial charge on any atom is -0.511 e. The molecule has 90 valence electrons. The van der Waals surface area contributed by atoms with Crippen LogP contribution in [0.25, 0.3) is 0 Å². The standard InChI is InChI=1S/C12H18O4/c1-2-3-4-5-6-9(13)11-10(14)7-8-16-12(11)15/h13H,2-8H2,1H3. The van der Waals surface area contributed by atoms with Crippen LogP contribution in [0.2, 0.25) is 0 Å². The molecule has 0 aliphatic carbocycles. The van der Waals surface area contributed by atoms with Crippen molar-refractivity contribution in [1.82, 2.24) is 0 Å². The Bertz CT molecular complexity index is 286. The third-order valence-corrected chi connectivity index (χ3v) is 2.60. The Morgan fingerprint density at radius 2 is 2.06 bits per heavy atom. The zero-order valence-electron chi connectivity index (χ0n) is 9.62. The fraction of sp³-hybridized carbons (Fsp3) is 0.667. The number of esters is 1. The normalized spacial score (nSPS) is 19.6. The van der Waals surface area contributed by atoms with Crippen molar-refractivity contribution in [2.75, 3.05) is 6.61 Å². The molecule has 0 aromatic heterocycles. The van der Waals surface area contributed by atoms with Gasteiger partial charge in [0.15, 0.2) is 5.78 Å². The summed E-state index contributed by atoms with van der Waals surface area (Å²) >= 11 is 0. The lowest BCUT2D eigenvalue weighted by Gasteiger charge is -2.14. The van der Waals surface area contributed by atoms with Gasteiger partial charge in [-0.2, -0.15) is 0 Å². The quantitative estimate of drug-likeness (QED) is 0.257. The third-order valence-electron chi connectivity index (χ3n) is 2.60. The second kappa shape index (κ2) is 6.30. The van der Waals surface area contributed by atoms with E-state index < -0.39 is 5.97 Å². The van der Waals surface area contributed by atoms with Gasteiger partial charge in [0.1, 0.15) is 11.3 Å². The van der Waals surface area contributed by atoms with E-state index in [4.69, 9.17) is 4.74 Å². The van der Waals surface area contributed by atoms with Gasteiger partial charge in [0.05, 0.1) is 6.61 Å². The highest BCUT2D eigenvalue weighted by molar-refractivity contribution is 6.18. The molecule has 0 aromatic rings. The van der Waals surface area contributed by atoms with Gasteiger partial charge in [0, 0.05) is 12.8 Å². The molecule has 1 saturated heterocycles. The molecule has 1 heterocycles. The zero-order chi connectivity index (χ0) is 12.0. The third kappa shape index (κ3) is 3.36. The molecule has 1 aliphatic rings. The molecule has 1 aliphatic heterocycles. The first kappa shape index (κ1) is 12.7. The van der Waals surface area contributed by atoms with Crippen molar-refractivity contribution in [1.29, 1.82) is 0 Å². The van der Waals surface area contributed by atoms with Crippen LogP contribution in [-0.4, -0.2) is 23.5 Å². The number of unbranched alkanes of at least 4 members (excludes halogenated alkanes) is 3. The Hall–Kier alpha value is -1.32. The minimum absolute atomic E-state index is 0.106. The number of ether oxygens (including phenoxy) is 1. The molecular weight excluding hydrogens is 208 g/mol. The lowest BCUT2D eigenvalue weighted by atomic mass is 10.0. The molecular formula is C12H18O4. The van der Waals surface area contributed by atoms with E-state index in [2.05, 4.69) is 6.92 Å². The van der Waals surface area contributed by atoms with Crippen molar-refractivity contribution in [3.8, 4) is 0 Å². The Morgan fingerprint density at radius 1 is 1.31 bits per heavy atom. The molecule has 4 heteroatoms. The molecule has 0 unspecified atom stereocenters. The number of Topliss-reactive ketones (excluding diaryl/α,β-unsaturated/α-hetero) is 1. The summed E-state index contributed by atoms with van der Waals surface area (Å²) in [5.74, 6) is -1.08. The van der Waals surface area contributed by atoms with Crippen LogP contribution in [0.15, 0.2) is 11.3 Å². The van der Waals surface area contributed by atoms with E-state index in [-0.39, 0.29) is 30.1 Å². The topological polar surface area (TPSA) is 63.6 Å². The van der Waals surface area contributed by atoms with Gasteiger partial charge in [-0.1, -0.05) is 26.2 Å². The number of aliphatic hydroxyl groups is 1. The summed E-state index contributed by atoms with van der Waals surface area (Å²) in [5.41, 5.74) is -0.136. The van der Waals surface area contributed by atoms with E-state index in [1.54, 1.807) is 0 Å². The van der Waals surface area contributed by atoms with Crippen molar-refractivity contribution in [3.63, 3.8) is 0 Å². The van der Waals surface area contributed by atoms with Gasteiger partial charge in [-0.15, -0.1) is 0 Å². The molecule has 0 radical (unpaired) electrons. The van der Waals surface area contributed by atoms with Crippen LogP contribution in [0.3, 0.4) is 0 Å². The van der Waals surface area contributed by atoms with Gasteiger partial charge in [-0.3, -0.25) is 4.79 Å². The number of ketones is 1. The van der Waals surface area contributed by atoms with Crippen molar-refractivity contribution in [2.45, 2.75) is 45.4 Å². The number of carbonyl (C=O) groups excluding carboxylic acids is 2. The van der Waals surface area contributed by atoms with Gasteiger partial charge >= 0.3 is 5.97 Å². The Balaban J connectivity index is 2.55. The highest BCUT2D eigenvalue weighted by Gasteiger charge is 2.28. The number of cyclic esters (lactones) is 1. The number of carbonyl (C=O) groups is 2. The molecule has 1 rings (SSSR count). The van der Waals surface area contributed by atoms with Gasteiger partial charge in [-0.25, -0.2) is 4.79 Å². The van der Waals surface area contributed by atoms with Gasteiger partial charge in [0.2, 0.25) is 0 Å². The van der Waals surface area contributed by atoms with Crippen molar-refractivity contribution >= 4 is 11.8 Å². The first-order valence-electron chi connectivity index (χ1n) is 5.79. The van der Waals surface area contributed by atoms with Crippen LogP contribution in [0.5, 0.6) is 0 Å². The van der Waals surface area contributed by atoms with Crippen LogP contribution in [0.4, 0.5) is 0 Å². The lowest BCUT2D eigenvalue weighted by molar-refractivity contribution is -0.144. The molecule has 0 amide bonds. The maximum absolute atomic E-state index is 11.4. The Kier molecular flexibility index (Phi) is 5.02. The van der Waals surface area contributed by atoms with E-state index in [0.29, 0.717) is 6.42 Å². The maximum Gasteiger partial charge on any atom is 0.345 e. The average molecular weight is 226 g/mol. The predicted molar refractivity (Wildman–Crippen MR) is 59.0 cm³/mol. The first-order chi connectivity index (χ1) is 7.66. The van der Waals surface area contributed by atoms with Gasteiger partial charge < -0.3 is 9.84 Å². The molecule has 0 aromatic carbocycles. The summed E-state index contributed by atoms with van der Waals surface area (Å²) in [6, 6.07) is 0. The highest BCUT2D eigenvalue weighted by Crippen LogP contribution is 2.18. The maximum atomic E-state index is 11.4. The van der Waals surface area contributed by atoms with E-state index in [0.717, 1.165) is 25.7 Å². The summed E-state index contributed by atoms with van der Waals surface area (Å²) in [7, 11) is 0. The SMILES string of the molecule is CCCCCCC(O)=C1C(=O)CCOC1=O. The predicted octanol–water partition coefficient (Wildman–Crippen LogP) is 2.28. The van der Waals surface area contributed by atoms with Crippen molar-refractivity contribution in [2.24, 2.45) is 0 Å². The van der Waals surface area contributed by atoms with E-state index >= 15 is 0 Å². The second-order valence-corrected chi connectivity index (χ2v) is 3.94. The van der Waals surface area contributed by atoms with Crippen LogP contribution < -0.4 is 0 Å². The van der Waals surface area contributed by atoms with Crippen LogP contribution in [0.1, 0.15) is 45.4 Å². The van der Waals surface area contributed by atoms with E-state index in [9.17, 15) is 14.7 Å². The van der Waals surface area contributed by atoms with Crippen LogP contribution >= 0.6 is 0 Å². The fourth-order valence-corrected chi connectivity index (χ4v) is 1.67. The zero-order valence-corrected chi connectivity index (χ0v) is 9.62.